The van der Waals surface area contributed by atoms with Gasteiger partial charge in [0.1, 0.15) is 5.82 Å². The second-order valence-electron chi connectivity index (χ2n) is 10.8. The number of alkyl halides is 3. The molecular weight excluding hydrogens is 429 g/mol. The average molecular weight is 461 g/mol. The summed E-state index contributed by atoms with van der Waals surface area (Å²) in [4.78, 5) is 9.06. The second kappa shape index (κ2) is 7.18. The number of likely N-dealkylation sites (tertiary alicyclic amines) is 2. The predicted molar refractivity (Wildman–Crippen MR) is 120 cm³/mol. The van der Waals surface area contributed by atoms with Gasteiger partial charge < -0.3 is 10.6 Å². The Balaban J connectivity index is 1.23. The first-order chi connectivity index (χ1) is 15.6. The van der Waals surface area contributed by atoms with Crippen molar-refractivity contribution in [1.29, 1.82) is 0 Å². The van der Waals surface area contributed by atoms with E-state index < -0.39 is 17.6 Å². The summed E-state index contributed by atoms with van der Waals surface area (Å²) in [5.74, 6) is 1.27. The van der Waals surface area contributed by atoms with Gasteiger partial charge in [0.2, 0.25) is 0 Å². The summed E-state index contributed by atoms with van der Waals surface area (Å²) in [6.07, 6.45) is 0.614. The predicted octanol–water partition coefficient (Wildman–Crippen LogP) is 4.01. The minimum atomic E-state index is -4.54. The molecule has 33 heavy (non-hydrogen) atoms. The molecule has 2 aliphatic carbocycles. The molecule has 2 bridgehead atoms. The molecule has 2 aliphatic heterocycles. The lowest BCUT2D eigenvalue weighted by Gasteiger charge is -2.37. The zero-order valence-corrected chi connectivity index (χ0v) is 19.3. The number of anilines is 1. The Morgan fingerprint density at radius 1 is 1.03 bits per heavy atom. The van der Waals surface area contributed by atoms with Crippen LogP contribution in [0.3, 0.4) is 0 Å². The Bertz CT molecular complexity index is 1060. The Hall–Kier alpha value is -2.13. The van der Waals surface area contributed by atoms with Crippen LogP contribution in [0.1, 0.15) is 56.3 Å². The third kappa shape index (κ3) is 3.38. The number of fused-ring (bicyclic) bond motifs is 3. The van der Waals surface area contributed by atoms with Crippen molar-refractivity contribution in [3.8, 4) is 11.3 Å². The summed E-state index contributed by atoms with van der Waals surface area (Å²) < 4.78 is 42.0. The van der Waals surface area contributed by atoms with Crippen LogP contribution in [-0.2, 0) is 6.18 Å². The fourth-order valence-corrected chi connectivity index (χ4v) is 6.92. The molecule has 2 saturated carbocycles. The molecule has 0 spiro atoms. The third-order valence-corrected chi connectivity index (χ3v) is 8.56. The Kier molecular flexibility index (Phi) is 4.66. The second-order valence-corrected chi connectivity index (χ2v) is 10.8. The van der Waals surface area contributed by atoms with Gasteiger partial charge in [-0.05, 0) is 64.1 Å². The lowest BCUT2D eigenvalue weighted by Crippen LogP contribution is -2.48. The molecule has 0 amide bonds. The Morgan fingerprint density at radius 3 is 2.33 bits per heavy atom. The van der Waals surface area contributed by atoms with E-state index in [1.807, 2.05) is 10.7 Å². The summed E-state index contributed by atoms with van der Waals surface area (Å²) in [6, 6.07) is 5.32. The summed E-state index contributed by atoms with van der Waals surface area (Å²) in [5, 5.41) is 4.71. The van der Waals surface area contributed by atoms with E-state index >= 15 is 0 Å². The largest absolute Gasteiger partial charge is 0.419 e. The van der Waals surface area contributed by atoms with E-state index in [2.05, 4.69) is 35.7 Å². The molecule has 6 rings (SSSR count). The molecule has 6 atom stereocenters. The van der Waals surface area contributed by atoms with E-state index in [0.29, 0.717) is 35.1 Å². The summed E-state index contributed by atoms with van der Waals surface area (Å²) in [5.41, 5.74) is 6.64. The molecule has 2 aromatic rings. The zero-order chi connectivity index (χ0) is 23.2. The van der Waals surface area contributed by atoms with Crippen LogP contribution in [0.4, 0.5) is 19.0 Å². The number of halogens is 3. The molecule has 0 radical (unpaired) electrons. The van der Waals surface area contributed by atoms with E-state index in [9.17, 15) is 13.2 Å². The number of likely N-dealkylation sites (N-methyl/N-ethyl adjacent to an activating group) is 1. The lowest BCUT2D eigenvalue weighted by atomic mass is 10.0. The minimum Gasteiger partial charge on any atom is -0.383 e. The molecule has 4 heterocycles. The van der Waals surface area contributed by atoms with Crippen LogP contribution in [0.15, 0.2) is 18.3 Å². The molecule has 2 aromatic heterocycles. The van der Waals surface area contributed by atoms with Gasteiger partial charge in [-0.25, -0.2) is 4.98 Å². The number of piperazine rings is 1. The first-order valence-electron chi connectivity index (χ1n) is 12.0. The topological polar surface area (TPSA) is 63.2 Å². The van der Waals surface area contributed by atoms with Crippen LogP contribution in [0.5, 0.6) is 0 Å². The van der Waals surface area contributed by atoms with Crippen LogP contribution in [0, 0.1) is 11.8 Å². The standard InChI is InChI=1S/C24H31F3N6/c1-12(2)33-21(8-20(30-33)13-4-19(24(25,26)27)23(28)29-9-13)22-17-6-14(7-18(17)22)32-11-15-5-16(32)10-31(15)3/h4,8-9,12,14-18,22H,5-7,10-11H2,1-3H3,(H2,28,29)/t14-,15-,16-,17-,18+,22+/m0/s1. The Labute approximate surface area is 191 Å². The fraction of sp³-hybridized carbons (Fsp3) is 0.667. The molecule has 4 aliphatic rings. The molecule has 6 nitrogen and oxygen atoms in total. The maximum Gasteiger partial charge on any atom is 0.419 e. The number of aromatic nitrogens is 3. The molecule has 2 saturated heterocycles. The van der Waals surface area contributed by atoms with Gasteiger partial charge in [-0.3, -0.25) is 9.58 Å². The van der Waals surface area contributed by atoms with Crippen LogP contribution in [0.25, 0.3) is 11.3 Å². The van der Waals surface area contributed by atoms with E-state index in [1.165, 1.54) is 38.5 Å². The van der Waals surface area contributed by atoms with Crippen LogP contribution < -0.4 is 5.73 Å². The number of pyridine rings is 1. The molecule has 9 heteroatoms. The maximum atomic E-state index is 13.3. The van der Waals surface area contributed by atoms with Gasteiger partial charge in [0.25, 0.3) is 0 Å². The quantitative estimate of drug-likeness (QED) is 0.747. The monoisotopic (exact) mass is 460 g/mol. The SMILES string of the molecule is CC(C)n1nc(-c2cnc(N)c(C(F)(F)F)c2)cc1[C@H]1[C@@H]2C[C@@H](N3C[C@@H]4C[C@H]3CN4C)C[C@@H]21. The average Bonchev–Trinajstić information content (AvgIpc) is 3.28. The summed E-state index contributed by atoms with van der Waals surface area (Å²) in [7, 11) is 2.24. The van der Waals surface area contributed by atoms with Gasteiger partial charge in [0.15, 0.2) is 0 Å². The maximum absolute atomic E-state index is 13.3. The van der Waals surface area contributed by atoms with E-state index in [1.54, 1.807) is 0 Å². The smallest absolute Gasteiger partial charge is 0.383 e. The number of hydrogen-bond donors (Lipinski definition) is 1. The van der Waals surface area contributed by atoms with E-state index in [4.69, 9.17) is 10.8 Å². The fourth-order valence-electron chi connectivity index (χ4n) is 6.92. The number of nitrogens with zero attached hydrogens (tertiary/aromatic N) is 5. The molecule has 0 aromatic carbocycles. The lowest BCUT2D eigenvalue weighted by molar-refractivity contribution is -0.137. The van der Waals surface area contributed by atoms with Crippen LogP contribution in [0.2, 0.25) is 0 Å². The van der Waals surface area contributed by atoms with Crippen molar-refractivity contribution < 1.29 is 13.2 Å². The first-order valence-corrected chi connectivity index (χ1v) is 12.0. The Morgan fingerprint density at radius 2 is 1.76 bits per heavy atom. The third-order valence-electron chi connectivity index (χ3n) is 8.56. The van der Waals surface area contributed by atoms with Gasteiger partial charge in [0.05, 0.1) is 11.3 Å². The summed E-state index contributed by atoms with van der Waals surface area (Å²) >= 11 is 0. The molecule has 178 valence electrons. The highest BCUT2D eigenvalue weighted by atomic mass is 19.4. The highest BCUT2D eigenvalue weighted by Gasteiger charge is 2.60. The molecule has 0 unspecified atom stereocenters. The van der Waals surface area contributed by atoms with Crippen LogP contribution >= 0.6 is 0 Å². The van der Waals surface area contributed by atoms with Gasteiger partial charge in [0, 0.05) is 60.6 Å². The number of nitrogen functional groups attached to an aromatic ring is 1. The zero-order valence-electron chi connectivity index (χ0n) is 19.3. The number of hydrogen-bond acceptors (Lipinski definition) is 5. The first kappa shape index (κ1) is 21.4. The highest BCUT2D eigenvalue weighted by molar-refractivity contribution is 5.63. The van der Waals surface area contributed by atoms with Crippen molar-refractivity contribution in [3.63, 3.8) is 0 Å². The molecule has 2 N–H and O–H groups in total. The normalized spacial score (nSPS) is 33.9. The van der Waals surface area contributed by atoms with E-state index in [0.717, 1.165) is 23.8 Å². The minimum absolute atomic E-state index is 0.138. The van der Waals surface area contributed by atoms with Gasteiger partial charge in [-0.2, -0.15) is 18.3 Å². The van der Waals surface area contributed by atoms with Crippen molar-refractivity contribution in [2.24, 2.45) is 11.8 Å². The number of nitrogens with two attached hydrogens (primary N) is 1. The van der Waals surface area contributed by atoms with Crippen molar-refractivity contribution >= 4 is 5.82 Å². The van der Waals surface area contributed by atoms with Crippen molar-refractivity contribution in [1.82, 2.24) is 24.6 Å². The highest BCUT2D eigenvalue weighted by Crippen LogP contribution is 2.64. The van der Waals surface area contributed by atoms with Crippen molar-refractivity contribution in [3.05, 3.63) is 29.6 Å². The van der Waals surface area contributed by atoms with Crippen molar-refractivity contribution in [2.75, 3.05) is 25.9 Å². The summed E-state index contributed by atoms with van der Waals surface area (Å²) in [6.45, 7) is 6.54. The van der Waals surface area contributed by atoms with Gasteiger partial charge >= 0.3 is 6.18 Å². The van der Waals surface area contributed by atoms with Gasteiger partial charge in [-0.15, -0.1) is 0 Å². The molecule has 4 fully saturated rings. The molecular formula is C24H31F3N6. The van der Waals surface area contributed by atoms with E-state index in [-0.39, 0.29) is 6.04 Å². The van der Waals surface area contributed by atoms with Gasteiger partial charge in [-0.1, -0.05) is 0 Å². The van der Waals surface area contributed by atoms with Crippen molar-refractivity contribution in [2.45, 2.75) is 69.4 Å². The van der Waals surface area contributed by atoms with Crippen LogP contribution in [-0.4, -0.2) is 62.8 Å². The number of rotatable bonds is 4.